The zero-order chi connectivity index (χ0) is 17.8. The molecule has 0 aliphatic rings. The number of halogens is 2. The summed E-state index contributed by atoms with van der Waals surface area (Å²) in [6.45, 7) is 0.144. The fourth-order valence-electron chi connectivity index (χ4n) is 2.14. The van der Waals surface area contributed by atoms with Gasteiger partial charge in [0.15, 0.2) is 0 Å². The number of carbonyl (C=O) groups excluding carboxylic acids is 1. The van der Waals surface area contributed by atoms with E-state index in [0.29, 0.717) is 5.56 Å². The molecule has 128 valence electrons. The second-order valence-electron chi connectivity index (χ2n) is 5.06. The Morgan fingerprint density at radius 2 is 1.96 bits per heavy atom. The second kappa shape index (κ2) is 7.18. The van der Waals surface area contributed by atoms with E-state index in [2.05, 4.69) is 15.5 Å². The van der Waals surface area contributed by atoms with Crippen molar-refractivity contribution in [3.8, 4) is 11.5 Å². The summed E-state index contributed by atoms with van der Waals surface area (Å²) < 4.78 is 37.9. The molecule has 1 N–H and O–H groups in total. The lowest BCUT2D eigenvalue weighted by Crippen LogP contribution is -2.14. The zero-order valence-corrected chi connectivity index (χ0v) is 13.1. The number of aromatic nitrogens is 2. The number of ether oxygens (including phenoxy) is 1. The van der Waals surface area contributed by atoms with Gasteiger partial charge >= 0.3 is 0 Å². The Hall–Kier alpha value is -3.13. The van der Waals surface area contributed by atoms with Crippen molar-refractivity contribution in [2.75, 3.05) is 12.4 Å². The molecule has 3 aromatic rings. The molecule has 0 atom stereocenters. The molecule has 8 heteroatoms. The smallest absolute Gasteiger partial charge is 0.258 e. The number of hydrogen-bond acceptors (Lipinski definition) is 5. The number of anilines is 1. The molecule has 0 aliphatic carbocycles. The highest BCUT2D eigenvalue weighted by Crippen LogP contribution is 2.25. The van der Waals surface area contributed by atoms with Gasteiger partial charge in [0.1, 0.15) is 18.2 Å². The lowest BCUT2D eigenvalue weighted by molar-refractivity contribution is 0.102. The van der Waals surface area contributed by atoms with Crippen LogP contribution in [0.2, 0.25) is 0 Å². The second-order valence-corrected chi connectivity index (χ2v) is 5.06. The molecule has 1 heterocycles. The van der Waals surface area contributed by atoms with Crippen molar-refractivity contribution >= 4 is 11.6 Å². The van der Waals surface area contributed by atoms with Crippen molar-refractivity contribution in [2.45, 2.75) is 6.61 Å². The van der Waals surface area contributed by atoms with Gasteiger partial charge in [-0.2, -0.15) is 0 Å². The molecule has 0 fully saturated rings. The lowest BCUT2D eigenvalue weighted by atomic mass is 10.1. The SMILES string of the molecule is COCc1nnc(-c2ccc(F)c(NC(=O)c3ccccc3F)c2)o1. The third-order valence-corrected chi connectivity index (χ3v) is 3.31. The summed E-state index contributed by atoms with van der Waals surface area (Å²) in [7, 11) is 1.48. The third-order valence-electron chi connectivity index (χ3n) is 3.31. The molecule has 0 spiro atoms. The Balaban J connectivity index is 1.86. The van der Waals surface area contributed by atoms with E-state index in [0.717, 1.165) is 12.1 Å². The minimum absolute atomic E-state index is 0.128. The first-order valence-electron chi connectivity index (χ1n) is 7.25. The topological polar surface area (TPSA) is 77.3 Å². The number of rotatable bonds is 5. The molecule has 1 amide bonds. The maximum atomic E-state index is 14.0. The standard InChI is InChI=1S/C17H13F2N3O3/c1-24-9-15-21-22-17(25-15)10-6-7-13(19)14(8-10)20-16(23)11-4-2-3-5-12(11)18/h2-8H,9H2,1H3,(H,20,23). The van der Waals surface area contributed by atoms with Crippen LogP contribution in [-0.4, -0.2) is 23.2 Å². The van der Waals surface area contributed by atoms with Crippen molar-refractivity contribution in [1.29, 1.82) is 0 Å². The van der Waals surface area contributed by atoms with Crippen LogP contribution in [0, 0.1) is 11.6 Å². The highest BCUT2D eigenvalue weighted by Gasteiger charge is 2.15. The van der Waals surface area contributed by atoms with E-state index in [1.165, 1.54) is 37.4 Å². The van der Waals surface area contributed by atoms with Gasteiger partial charge < -0.3 is 14.5 Å². The van der Waals surface area contributed by atoms with Crippen LogP contribution in [0.5, 0.6) is 0 Å². The number of benzene rings is 2. The fourth-order valence-corrected chi connectivity index (χ4v) is 2.14. The van der Waals surface area contributed by atoms with Crippen LogP contribution in [0.15, 0.2) is 46.9 Å². The first-order valence-corrected chi connectivity index (χ1v) is 7.25. The van der Waals surface area contributed by atoms with Crippen molar-refractivity contribution in [3.63, 3.8) is 0 Å². The predicted molar refractivity (Wildman–Crippen MR) is 84.8 cm³/mol. The summed E-state index contributed by atoms with van der Waals surface area (Å²) in [6.07, 6.45) is 0. The third kappa shape index (κ3) is 3.69. The average molecular weight is 345 g/mol. The molecule has 25 heavy (non-hydrogen) atoms. The normalized spacial score (nSPS) is 10.7. The lowest BCUT2D eigenvalue weighted by Gasteiger charge is -2.08. The van der Waals surface area contributed by atoms with Gasteiger partial charge in [-0.25, -0.2) is 8.78 Å². The van der Waals surface area contributed by atoms with Crippen LogP contribution in [0.4, 0.5) is 14.5 Å². The molecular weight excluding hydrogens is 332 g/mol. The number of nitrogens with one attached hydrogen (secondary N) is 1. The molecular formula is C17H13F2N3O3. The van der Waals surface area contributed by atoms with Crippen LogP contribution in [0.1, 0.15) is 16.2 Å². The van der Waals surface area contributed by atoms with E-state index in [4.69, 9.17) is 9.15 Å². The molecule has 0 bridgehead atoms. The number of methoxy groups -OCH3 is 1. The molecule has 0 radical (unpaired) electrons. The number of carbonyl (C=O) groups is 1. The average Bonchev–Trinajstić information content (AvgIpc) is 3.06. The minimum atomic E-state index is -0.764. The number of nitrogens with zero attached hydrogens (tertiary/aromatic N) is 2. The van der Waals surface area contributed by atoms with Gasteiger partial charge in [-0.1, -0.05) is 12.1 Å². The van der Waals surface area contributed by atoms with E-state index in [1.807, 2.05) is 0 Å². The first-order chi connectivity index (χ1) is 12.1. The van der Waals surface area contributed by atoms with Crippen molar-refractivity contribution in [1.82, 2.24) is 10.2 Å². The Bertz CT molecular complexity index is 912. The highest BCUT2D eigenvalue weighted by molar-refractivity contribution is 6.04. The summed E-state index contributed by atoms with van der Waals surface area (Å²) >= 11 is 0. The van der Waals surface area contributed by atoms with Gasteiger partial charge in [0, 0.05) is 12.7 Å². The van der Waals surface area contributed by atoms with Gasteiger partial charge in [-0.15, -0.1) is 10.2 Å². The van der Waals surface area contributed by atoms with E-state index in [1.54, 1.807) is 0 Å². The van der Waals surface area contributed by atoms with Crippen LogP contribution in [0.25, 0.3) is 11.5 Å². The van der Waals surface area contributed by atoms with Crippen LogP contribution < -0.4 is 5.32 Å². The van der Waals surface area contributed by atoms with E-state index < -0.39 is 17.5 Å². The summed E-state index contributed by atoms with van der Waals surface area (Å²) in [5.41, 5.74) is 0.0878. The van der Waals surface area contributed by atoms with Crippen molar-refractivity contribution < 1.29 is 22.7 Å². The quantitative estimate of drug-likeness (QED) is 0.767. The fraction of sp³-hybridized carbons (Fsp3) is 0.118. The zero-order valence-electron chi connectivity index (χ0n) is 13.1. The van der Waals surface area contributed by atoms with Gasteiger partial charge in [-0.05, 0) is 30.3 Å². The molecule has 0 aliphatic heterocycles. The Morgan fingerprint density at radius 3 is 2.72 bits per heavy atom. The first kappa shape index (κ1) is 16.7. The number of amides is 1. The Labute approximate surface area is 141 Å². The number of hydrogen-bond donors (Lipinski definition) is 1. The van der Waals surface area contributed by atoms with E-state index in [9.17, 15) is 13.6 Å². The molecule has 1 aromatic heterocycles. The van der Waals surface area contributed by atoms with E-state index in [-0.39, 0.29) is 29.6 Å². The van der Waals surface area contributed by atoms with Crippen LogP contribution in [-0.2, 0) is 11.3 Å². The summed E-state index contributed by atoms with van der Waals surface area (Å²) in [5, 5.41) is 9.96. The molecule has 3 rings (SSSR count). The molecule has 0 unspecified atom stereocenters. The van der Waals surface area contributed by atoms with Crippen molar-refractivity contribution in [2.24, 2.45) is 0 Å². The maximum Gasteiger partial charge on any atom is 0.258 e. The van der Waals surface area contributed by atoms with Gasteiger partial charge in [0.25, 0.3) is 5.91 Å². The predicted octanol–water partition coefficient (Wildman–Crippen LogP) is 3.41. The molecule has 2 aromatic carbocycles. The van der Waals surface area contributed by atoms with Gasteiger partial charge in [0.2, 0.25) is 11.8 Å². The summed E-state index contributed by atoms with van der Waals surface area (Å²) in [4.78, 5) is 12.1. The van der Waals surface area contributed by atoms with Gasteiger partial charge in [0.05, 0.1) is 11.3 Å². The van der Waals surface area contributed by atoms with E-state index >= 15 is 0 Å². The summed E-state index contributed by atoms with van der Waals surface area (Å²) in [6, 6.07) is 9.34. The Morgan fingerprint density at radius 1 is 1.16 bits per heavy atom. The molecule has 6 nitrogen and oxygen atoms in total. The summed E-state index contributed by atoms with van der Waals surface area (Å²) in [5.74, 6) is -1.73. The van der Waals surface area contributed by atoms with Crippen molar-refractivity contribution in [3.05, 3.63) is 65.6 Å². The molecule has 0 saturated heterocycles. The van der Waals surface area contributed by atoms with Crippen LogP contribution >= 0.6 is 0 Å². The maximum absolute atomic E-state index is 14.0. The monoisotopic (exact) mass is 345 g/mol. The largest absolute Gasteiger partial charge is 0.418 e. The molecule has 0 saturated carbocycles. The highest BCUT2D eigenvalue weighted by atomic mass is 19.1. The minimum Gasteiger partial charge on any atom is -0.418 e. The van der Waals surface area contributed by atoms with Gasteiger partial charge in [-0.3, -0.25) is 4.79 Å². The van der Waals surface area contributed by atoms with Crippen LogP contribution in [0.3, 0.4) is 0 Å². The Kier molecular flexibility index (Phi) is 4.80.